The van der Waals surface area contributed by atoms with E-state index in [1.807, 2.05) is 78.8 Å². The molecule has 1 aromatic rings. The molecule has 43 heavy (non-hydrogen) atoms. The molecular weight excluding hydrogens is 546 g/mol. The van der Waals surface area contributed by atoms with Crippen LogP contribution in [0.5, 0.6) is 0 Å². The topological polar surface area (TPSA) is 105 Å². The molecule has 1 N–H and O–H groups in total. The molecule has 242 valence electrons. The molecule has 0 heterocycles. The summed E-state index contributed by atoms with van der Waals surface area (Å²) in [6.45, 7) is 22.3. The van der Waals surface area contributed by atoms with Crippen LogP contribution in [0.25, 0.3) is 0 Å². The minimum atomic E-state index is -1.01. The summed E-state index contributed by atoms with van der Waals surface area (Å²) in [5.41, 5.74) is -1.06. The molecule has 9 nitrogen and oxygen atoms in total. The number of carbonyl (C=O) groups is 4. The summed E-state index contributed by atoms with van der Waals surface area (Å²) in [7, 11) is 3.21. The predicted octanol–water partition coefficient (Wildman–Crippen LogP) is 5.72. The zero-order valence-electron chi connectivity index (χ0n) is 28.8. The number of carbonyl (C=O) groups excluding carboxylic acids is 4. The van der Waals surface area contributed by atoms with E-state index in [4.69, 9.17) is 9.47 Å². The van der Waals surface area contributed by atoms with Gasteiger partial charge in [-0.15, -0.1) is 0 Å². The number of amides is 3. The molecule has 9 heteroatoms. The molecule has 3 atom stereocenters. The van der Waals surface area contributed by atoms with Crippen molar-refractivity contribution in [1.29, 1.82) is 0 Å². The molecular formula is C34H55N3O6. The number of hydrogen-bond donors (Lipinski definition) is 1. The van der Waals surface area contributed by atoms with Crippen LogP contribution in [0.2, 0.25) is 0 Å². The number of esters is 1. The summed E-state index contributed by atoms with van der Waals surface area (Å²) in [6, 6.07) is 7.09. The van der Waals surface area contributed by atoms with Crippen LogP contribution in [0.4, 0.5) is 4.79 Å². The van der Waals surface area contributed by atoms with Crippen LogP contribution in [0.3, 0.4) is 0 Å². The van der Waals surface area contributed by atoms with E-state index in [0.717, 1.165) is 5.56 Å². The third-order valence-corrected chi connectivity index (χ3v) is 7.41. The maximum absolute atomic E-state index is 14.3. The van der Waals surface area contributed by atoms with Crippen molar-refractivity contribution in [3.63, 3.8) is 0 Å². The van der Waals surface area contributed by atoms with Crippen molar-refractivity contribution in [3.05, 3.63) is 47.5 Å². The van der Waals surface area contributed by atoms with Gasteiger partial charge in [0.05, 0.1) is 12.6 Å². The largest absolute Gasteiger partial charge is 0.463 e. The van der Waals surface area contributed by atoms with Gasteiger partial charge >= 0.3 is 12.1 Å². The fraction of sp³-hybridized carbons (Fsp3) is 0.647. The standard InChI is InChI=1S/C34H55N3O6/c1-15-42-30(40)23(4)21-25(22(2)3)36(13)29(39)26(32(5,6)7)35-28(38)27(37(14)31(41)43-33(8,9)10)34(11,12)24-19-17-16-18-20-24/h16-22,25-27H,15H2,1-14H3,(H,35,38)/b23-21+/t25-,26-,27-/m1/s1. The molecule has 0 bridgehead atoms. The summed E-state index contributed by atoms with van der Waals surface area (Å²) < 4.78 is 10.8. The van der Waals surface area contributed by atoms with Crippen LogP contribution >= 0.6 is 0 Å². The summed E-state index contributed by atoms with van der Waals surface area (Å²) in [5.74, 6) is -1.27. The third kappa shape index (κ3) is 10.4. The van der Waals surface area contributed by atoms with Gasteiger partial charge in [0.1, 0.15) is 17.7 Å². The van der Waals surface area contributed by atoms with Gasteiger partial charge in [0, 0.05) is 25.1 Å². The lowest BCUT2D eigenvalue weighted by Crippen LogP contribution is -2.63. The van der Waals surface area contributed by atoms with Crippen molar-refractivity contribution in [2.24, 2.45) is 11.3 Å². The second kappa shape index (κ2) is 14.9. The summed E-state index contributed by atoms with van der Waals surface area (Å²) in [6.07, 6.45) is 1.09. The van der Waals surface area contributed by atoms with Gasteiger partial charge in [-0.2, -0.15) is 0 Å². The zero-order chi connectivity index (χ0) is 33.5. The minimum Gasteiger partial charge on any atom is -0.463 e. The summed E-state index contributed by atoms with van der Waals surface area (Å²) in [4.78, 5) is 56.9. The van der Waals surface area contributed by atoms with E-state index in [2.05, 4.69) is 5.32 Å². The molecule has 0 aromatic heterocycles. The number of ether oxygens (including phenoxy) is 2. The van der Waals surface area contributed by atoms with E-state index in [9.17, 15) is 19.2 Å². The van der Waals surface area contributed by atoms with E-state index in [-0.39, 0.29) is 18.4 Å². The number of rotatable bonds is 11. The van der Waals surface area contributed by atoms with Crippen molar-refractivity contribution in [3.8, 4) is 0 Å². The fourth-order valence-corrected chi connectivity index (χ4v) is 4.99. The van der Waals surface area contributed by atoms with Gasteiger partial charge in [-0.1, -0.05) is 84.9 Å². The molecule has 0 aliphatic carbocycles. The van der Waals surface area contributed by atoms with E-state index < -0.39 is 52.5 Å². The first-order valence-corrected chi connectivity index (χ1v) is 15.0. The van der Waals surface area contributed by atoms with Crippen LogP contribution in [-0.4, -0.2) is 78.1 Å². The molecule has 0 aliphatic rings. The number of nitrogens with one attached hydrogen (secondary N) is 1. The van der Waals surface area contributed by atoms with E-state index in [1.165, 1.54) is 4.90 Å². The number of benzene rings is 1. The Kier molecular flexibility index (Phi) is 13.0. The summed E-state index contributed by atoms with van der Waals surface area (Å²) in [5, 5.41) is 3.01. The monoisotopic (exact) mass is 601 g/mol. The molecule has 3 amide bonds. The van der Waals surface area contributed by atoms with Gasteiger partial charge in [0.25, 0.3) is 0 Å². The van der Waals surface area contributed by atoms with Crippen LogP contribution in [0.15, 0.2) is 42.0 Å². The van der Waals surface area contributed by atoms with E-state index in [0.29, 0.717) is 5.57 Å². The molecule has 0 unspecified atom stereocenters. The highest BCUT2D eigenvalue weighted by molar-refractivity contribution is 5.93. The number of nitrogens with zero attached hydrogens (tertiary/aromatic N) is 2. The molecule has 0 saturated heterocycles. The molecule has 0 spiro atoms. The Bertz CT molecular complexity index is 1140. The lowest BCUT2D eigenvalue weighted by atomic mass is 9.76. The first kappa shape index (κ1) is 37.7. The van der Waals surface area contributed by atoms with Crippen LogP contribution < -0.4 is 5.32 Å². The minimum absolute atomic E-state index is 0.0299. The van der Waals surface area contributed by atoms with Gasteiger partial charge in [-0.25, -0.2) is 9.59 Å². The first-order chi connectivity index (χ1) is 19.6. The third-order valence-electron chi connectivity index (χ3n) is 7.41. The van der Waals surface area contributed by atoms with Crippen LogP contribution in [-0.2, 0) is 29.3 Å². The van der Waals surface area contributed by atoms with Gasteiger partial charge < -0.3 is 19.7 Å². The Morgan fingerprint density at radius 1 is 0.907 bits per heavy atom. The zero-order valence-corrected chi connectivity index (χ0v) is 28.8. The Balaban J connectivity index is 3.58. The van der Waals surface area contributed by atoms with Crippen molar-refractivity contribution in [1.82, 2.24) is 15.1 Å². The quantitative estimate of drug-likeness (QED) is 0.257. The van der Waals surface area contributed by atoms with Crippen molar-refractivity contribution < 1.29 is 28.7 Å². The van der Waals surface area contributed by atoms with E-state index >= 15 is 0 Å². The lowest BCUT2D eigenvalue weighted by molar-refractivity contribution is -0.142. The second-order valence-corrected chi connectivity index (χ2v) is 14.1. The molecule has 1 rings (SSSR count). The molecule has 0 fully saturated rings. The average molecular weight is 602 g/mol. The normalized spacial score (nSPS) is 14.8. The second-order valence-electron chi connectivity index (χ2n) is 14.1. The highest BCUT2D eigenvalue weighted by atomic mass is 16.6. The molecule has 0 saturated carbocycles. The van der Waals surface area contributed by atoms with Gasteiger partial charge in [-0.05, 0) is 51.5 Å². The fourth-order valence-electron chi connectivity index (χ4n) is 4.99. The van der Waals surface area contributed by atoms with Crippen molar-refractivity contribution >= 4 is 23.9 Å². The Morgan fingerprint density at radius 2 is 1.44 bits per heavy atom. The van der Waals surface area contributed by atoms with Crippen molar-refractivity contribution in [2.45, 2.75) is 112 Å². The number of hydrogen-bond acceptors (Lipinski definition) is 6. The maximum atomic E-state index is 14.3. The highest BCUT2D eigenvalue weighted by Gasteiger charge is 2.45. The van der Waals surface area contributed by atoms with Crippen LogP contribution in [0.1, 0.15) is 88.6 Å². The number of likely N-dealkylation sites (N-methyl/N-ethyl adjacent to an activating group) is 2. The van der Waals surface area contributed by atoms with Crippen LogP contribution in [0, 0.1) is 11.3 Å². The SMILES string of the molecule is CCOC(=O)/C(C)=C/[C@H](C(C)C)N(C)C(=O)[C@@H](NC(=O)[C@@H](N(C)C(=O)OC(C)(C)C)C(C)(C)c1ccccc1)C(C)(C)C. The summed E-state index contributed by atoms with van der Waals surface area (Å²) >= 11 is 0. The molecule has 1 aromatic carbocycles. The average Bonchev–Trinajstić information content (AvgIpc) is 2.88. The Hall–Kier alpha value is -3.36. The lowest BCUT2D eigenvalue weighted by Gasteiger charge is -2.42. The molecule has 0 aliphatic heterocycles. The highest BCUT2D eigenvalue weighted by Crippen LogP contribution is 2.32. The maximum Gasteiger partial charge on any atom is 0.410 e. The van der Waals surface area contributed by atoms with E-state index in [1.54, 1.807) is 59.7 Å². The van der Waals surface area contributed by atoms with Gasteiger partial charge in [-0.3, -0.25) is 14.5 Å². The Morgan fingerprint density at radius 3 is 1.88 bits per heavy atom. The predicted molar refractivity (Wildman–Crippen MR) is 170 cm³/mol. The first-order valence-electron chi connectivity index (χ1n) is 15.0. The molecule has 0 radical (unpaired) electrons. The van der Waals surface area contributed by atoms with Gasteiger partial charge in [0.15, 0.2) is 0 Å². The van der Waals surface area contributed by atoms with Gasteiger partial charge in [0.2, 0.25) is 11.8 Å². The smallest absolute Gasteiger partial charge is 0.410 e. The Labute approximate surface area is 259 Å². The van der Waals surface area contributed by atoms with Crippen molar-refractivity contribution in [2.75, 3.05) is 20.7 Å².